The molecule has 1 fully saturated rings. The van der Waals surface area contributed by atoms with Crippen LogP contribution in [0.25, 0.3) is 0 Å². The second-order valence-corrected chi connectivity index (χ2v) is 35.2. The number of nitrogens with two attached hydrogens (primary N) is 5. The Kier molecular flexibility index (Phi) is 50.8. The average Bonchev–Trinajstić information content (AvgIpc) is 1.75. The van der Waals surface area contributed by atoms with Crippen LogP contribution in [0.15, 0.2) is 133 Å². The van der Waals surface area contributed by atoms with Crippen molar-refractivity contribution in [1.29, 1.82) is 10.8 Å². The van der Waals surface area contributed by atoms with Crippen molar-refractivity contribution < 1.29 is 127 Å². The summed E-state index contributed by atoms with van der Waals surface area (Å²) < 4.78 is 0. The van der Waals surface area contributed by atoms with Crippen molar-refractivity contribution in [3.8, 4) is 17.2 Å². The number of aliphatic carboxylic acids is 3. The van der Waals surface area contributed by atoms with E-state index in [1.54, 1.807) is 36.4 Å². The molecule has 1 heterocycles. The molecule has 798 valence electrons. The van der Waals surface area contributed by atoms with Crippen molar-refractivity contribution in [2.24, 2.45) is 28.7 Å². The summed E-state index contributed by atoms with van der Waals surface area (Å²) in [5.74, 6) is -26.2. The quantitative estimate of drug-likeness (QED) is 0.00744. The lowest BCUT2D eigenvalue weighted by atomic mass is 10.0. The van der Waals surface area contributed by atoms with Crippen LogP contribution in [0.1, 0.15) is 105 Å². The summed E-state index contributed by atoms with van der Waals surface area (Å²) >= 11 is 12.6. The fourth-order valence-corrected chi connectivity index (χ4v) is 15.6. The van der Waals surface area contributed by atoms with Gasteiger partial charge in [0.15, 0.2) is 11.9 Å². The zero-order valence-corrected chi connectivity index (χ0v) is 82.5. The van der Waals surface area contributed by atoms with E-state index in [0.717, 1.165) is 4.90 Å². The van der Waals surface area contributed by atoms with Crippen LogP contribution in [0, 0.1) is 10.8 Å². The first kappa shape index (κ1) is 120. The number of unbranched alkanes of at least 4 members (excludes halogenated alkanes) is 1. The summed E-state index contributed by atoms with van der Waals surface area (Å²) in [4.78, 5) is 279. The number of guanidine groups is 2. The van der Waals surface area contributed by atoms with Gasteiger partial charge in [0.2, 0.25) is 100 Å². The maximum absolute atomic E-state index is 15.0. The molecule has 0 radical (unpaired) electrons. The zero-order valence-electron chi connectivity index (χ0n) is 79.8. The number of benzene rings is 5. The van der Waals surface area contributed by atoms with Gasteiger partial charge in [-0.25, -0.2) is 4.79 Å². The molecule has 5 aromatic rings. The van der Waals surface area contributed by atoms with Gasteiger partial charge in [-0.15, -0.1) is 0 Å². The number of likely N-dealkylation sites (tertiary alicyclic amines) is 1. The van der Waals surface area contributed by atoms with Gasteiger partial charge < -0.3 is 155 Å². The molecule has 0 aromatic heterocycles. The fourth-order valence-electron chi connectivity index (χ4n) is 14.9. The fraction of sp³-hybridized carbons (Fsp3) is 0.441. The Bertz CT molecular complexity index is 5400. The number of thiol groups is 3. The predicted molar refractivity (Wildman–Crippen MR) is 538 cm³/mol. The maximum Gasteiger partial charge on any atom is 0.326 e. The topological polar surface area (TPSA) is 848 Å². The van der Waals surface area contributed by atoms with Crippen molar-refractivity contribution in [1.82, 2.24) is 95.3 Å². The van der Waals surface area contributed by atoms with Crippen LogP contribution >= 0.6 is 37.9 Å². The number of carbonyl (C=O) groups excluding carboxylic acids is 17. The van der Waals surface area contributed by atoms with E-state index in [0.29, 0.717) is 35.1 Å². The normalized spacial score (nSPS) is 14.8. The maximum atomic E-state index is 15.0. The Labute approximate surface area is 859 Å². The zero-order chi connectivity index (χ0) is 109. The molecule has 15 unspecified atom stereocenters. The number of hydrogen-bond acceptors (Lipinski definition) is 30. The van der Waals surface area contributed by atoms with E-state index in [2.05, 4.69) is 128 Å². The van der Waals surface area contributed by atoms with E-state index < -0.39 is 266 Å². The van der Waals surface area contributed by atoms with Gasteiger partial charge in [-0.2, -0.15) is 37.9 Å². The number of phenols is 3. The SMILES string of the molecule is N=C(N)NCCCC(N)C(=O)NC(CS)C(=O)NCC(=O)N1CCCC1C(=O)NC(CC(=O)O)C(=O)NC(CS)C(=O)NC(Cc1ccccc1)C(=O)NC(CC(=O)O)C(=O)NC(CC(N)=O)C(=O)NC(Cc1ccc(O)cc1)C(=O)NCC(=O)NC(CCCNC(=N)N)C(=O)NC(Cc1ccc(O)cc1)C(=O)NC(CCCCN)C(=O)NC(Cc1ccc(O)cc1)C(=O)NC(CS)C(=O)NC(Cc1ccccc1)C(=O)O. The highest BCUT2D eigenvalue weighted by Gasteiger charge is 2.42. The Morgan fingerprint density at radius 1 is 0.347 bits per heavy atom. The number of carboxylic acids is 3. The van der Waals surface area contributed by atoms with Crippen LogP contribution in [0.3, 0.4) is 0 Å². The van der Waals surface area contributed by atoms with E-state index in [-0.39, 0.29) is 131 Å². The van der Waals surface area contributed by atoms with E-state index >= 15 is 4.79 Å². The monoisotopic (exact) mass is 2110 g/mol. The third kappa shape index (κ3) is 43.1. The van der Waals surface area contributed by atoms with Gasteiger partial charge in [0, 0.05) is 69.0 Å². The Hall–Kier alpha value is -15.6. The lowest BCUT2D eigenvalue weighted by Crippen LogP contribution is -2.61. The van der Waals surface area contributed by atoms with Crippen LogP contribution in [0.4, 0.5) is 0 Å². The number of carbonyl (C=O) groups is 20. The highest BCUT2D eigenvalue weighted by Crippen LogP contribution is 2.21. The van der Waals surface area contributed by atoms with Gasteiger partial charge in [-0.1, -0.05) is 97.1 Å². The van der Waals surface area contributed by atoms with Crippen LogP contribution in [-0.4, -0.2) is 313 Å². The second-order valence-electron chi connectivity index (χ2n) is 34.1. The number of aromatic hydroxyl groups is 3. The molecule has 0 saturated carbocycles. The first-order valence-electron chi connectivity index (χ1n) is 46.5. The molecular weight excluding hydrogens is 1980 g/mol. The van der Waals surface area contributed by atoms with E-state index in [4.69, 9.17) is 39.5 Å². The van der Waals surface area contributed by atoms with Crippen LogP contribution in [-0.2, 0) is 128 Å². The van der Waals surface area contributed by atoms with E-state index in [1.807, 2.05) is 0 Å². The molecule has 147 heavy (non-hydrogen) atoms. The number of hydrogen-bond donors (Lipinski definition) is 33. The molecule has 51 nitrogen and oxygen atoms in total. The second kappa shape index (κ2) is 62.2. The largest absolute Gasteiger partial charge is 0.508 e. The molecular formula is C93H127N25O26S3. The van der Waals surface area contributed by atoms with Gasteiger partial charge >= 0.3 is 17.9 Å². The van der Waals surface area contributed by atoms with Crippen molar-refractivity contribution in [2.75, 3.05) is 56.5 Å². The van der Waals surface area contributed by atoms with Crippen molar-refractivity contribution in [2.45, 2.75) is 200 Å². The van der Waals surface area contributed by atoms with Crippen LogP contribution in [0.5, 0.6) is 17.2 Å². The molecule has 15 atom stereocenters. The number of nitrogens with one attached hydrogen (secondary N) is 19. The molecule has 0 bridgehead atoms. The van der Waals surface area contributed by atoms with Crippen LogP contribution < -0.4 is 119 Å². The first-order chi connectivity index (χ1) is 69.9. The van der Waals surface area contributed by atoms with Gasteiger partial charge in [-0.3, -0.25) is 102 Å². The number of primary amides is 1. The molecule has 1 aliphatic rings. The van der Waals surface area contributed by atoms with Gasteiger partial charge in [-0.05, 0) is 129 Å². The molecule has 54 heteroatoms. The molecule has 35 N–H and O–H groups in total. The third-order valence-electron chi connectivity index (χ3n) is 22.6. The summed E-state index contributed by atoms with van der Waals surface area (Å²) in [6, 6.07) is 6.90. The molecule has 1 saturated heterocycles. The lowest BCUT2D eigenvalue weighted by molar-refractivity contribution is -0.143. The van der Waals surface area contributed by atoms with Crippen molar-refractivity contribution in [3.05, 3.63) is 161 Å². The average molecular weight is 2110 g/mol. The predicted octanol–water partition coefficient (Wildman–Crippen LogP) is -7.48. The number of nitrogens with zero attached hydrogens (tertiary/aromatic N) is 1. The lowest BCUT2D eigenvalue weighted by Gasteiger charge is -2.28. The Balaban J connectivity index is 1.19. The number of phenolic OH excluding ortho intramolecular Hbond substituents is 3. The first-order valence-corrected chi connectivity index (χ1v) is 48.4. The Morgan fingerprint density at radius 3 is 1.06 bits per heavy atom. The molecule has 0 aliphatic carbocycles. The minimum atomic E-state index is -2.23. The van der Waals surface area contributed by atoms with Crippen LogP contribution in [0.2, 0.25) is 0 Å². The van der Waals surface area contributed by atoms with Gasteiger partial charge in [0.25, 0.3) is 0 Å². The molecule has 6 rings (SSSR count). The van der Waals surface area contributed by atoms with E-state index in [9.17, 15) is 122 Å². The van der Waals surface area contributed by atoms with Gasteiger partial charge in [0.1, 0.15) is 102 Å². The number of carboxylic acid groups (broad SMARTS) is 3. The molecule has 1 aliphatic heterocycles. The van der Waals surface area contributed by atoms with Gasteiger partial charge in [0.05, 0.1) is 38.4 Å². The third-order valence-corrected chi connectivity index (χ3v) is 23.7. The summed E-state index contributed by atoms with van der Waals surface area (Å²) in [6.07, 6.45) is -4.71. The van der Waals surface area contributed by atoms with Crippen molar-refractivity contribution in [3.63, 3.8) is 0 Å². The number of rotatable bonds is 63. The smallest absolute Gasteiger partial charge is 0.326 e. The molecule has 17 amide bonds. The summed E-state index contributed by atoms with van der Waals surface area (Å²) in [5, 5.41) is 117. The van der Waals surface area contributed by atoms with E-state index in [1.165, 1.54) is 97.1 Å². The summed E-state index contributed by atoms with van der Waals surface area (Å²) in [7, 11) is 0. The number of amides is 17. The Morgan fingerprint density at radius 2 is 0.660 bits per heavy atom. The highest BCUT2D eigenvalue weighted by molar-refractivity contribution is 7.80. The van der Waals surface area contributed by atoms with Crippen molar-refractivity contribution >= 4 is 168 Å². The summed E-state index contributed by atoms with van der Waals surface area (Å²) in [6.45, 7) is -1.53. The summed E-state index contributed by atoms with van der Waals surface area (Å²) in [5.41, 5.74) is 30.0. The minimum Gasteiger partial charge on any atom is -0.508 e. The highest BCUT2D eigenvalue weighted by atomic mass is 32.1. The molecule has 5 aromatic carbocycles. The molecule has 0 spiro atoms. The minimum absolute atomic E-state index is 0.0151. The standard InChI is InChI=1S/C93H127N25O26S3/c94-32-8-7-17-59(81(133)109-63(39-53-24-30-56(121)31-25-53)84(136)116-70(48-147)89(141)114-67(91(143)144)40-50-14-5-2-6-15-50)106-82(134)62(38-52-22-28-55(120)29-23-52)108-80(132)58(18-10-34-102-93(99)100)105-73(123)44-103-78(130)60(37-51-20-26-54(119)27-21-51)107-85(137)64(41-72(96)122)111-86(138)65(42-75(125)126)112-83(135)61(36-49-12-3-1-4-13-49)110-88(140)69(47-146)117-87(139)66(43-76(127)128)113-90(142)71-19-11-35-118(71)74(124)45-104-79(131)68(46-145)115-77(129)57(95)16-9-33-101-92(97)98/h1-6,12-15,20-31,57-71,119-121,145-147H,7-11,16-19,32-48,94-95H2,(H2,96,122)(H,103,130)(H,104,131)(H,105,123)(H,106,134)(H,107,137)(H,108,132)(H,109,133)(H,110,140)(H,111,138)(H,112,135)(H,113,142)(H,114,141)(H,115,129)(H,116,136)(H,117,139)(H,125,126)(H,127,128)(H,143,144)(H4,97,98,101)(H4,99,100,102).